The van der Waals surface area contributed by atoms with Crippen LogP contribution in [0.4, 0.5) is 0 Å². The van der Waals surface area contributed by atoms with E-state index in [0.29, 0.717) is 30.8 Å². The number of nitriles is 1. The van der Waals surface area contributed by atoms with Gasteiger partial charge in [-0.3, -0.25) is 4.79 Å². The summed E-state index contributed by atoms with van der Waals surface area (Å²) in [6, 6.07) is 13.8. The van der Waals surface area contributed by atoms with Crippen LogP contribution in [-0.4, -0.2) is 34.5 Å². The number of aromatic carboxylic acids is 1. The number of ether oxygens (including phenoxy) is 1. The maximum Gasteiger partial charge on any atom is 0.335 e. The highest BCUT2D eigenvalue weighted by atomic mass is 16.5. The van der Waals surface area contributed by atoms with Crippen LogP contribution in [0, 0.1) is 11.3 Å². The van der Waals surface area contributed by atoms with Gasteiger partial charge in [-0.1, -0.05) is 18.2 Å². The van der Waals surface area contributed by atoms with Crippen LogP contribution in [0.5, 0.6) is 5.75 Å². The lowest BCUT2D eigenvalue weighted by molar-refractivity contribution is -0.138. The molecule has 0 bridgehead atoms. The van der Waals surface area contributed by atoms with E-state index in [2.05, 4.69) is 0 Å². The summed E-state index contributed by atoms with van der Waals surface area (Å²) in [5, 5.41) is 18.3. The summed E-state index contributed by atoms with van der Waals surface area (Å²) < 4.78 is 5.69. The molecule has 26 heavy (non-hydrogen) atoms. The van der Waals surface area contributed by atoms with Crippen molar-refractivity contribution in [3.8, 4) is 11.8 Å². The molecule has 132 valence electrons. The van der Waals surface area contributed by atoms with Gasteiger partial charge in [0.05, 0.1) is 11.1 Å². The number of rotatable bonds is 4. The predicted molar refractivity (Wildman–Crippen MR) is 93.8 cm³/mol. The van der Waals surface area contributed by atoms with Crippen LogP contribution in [0.15, 0.2) is 42.5 Å². The van der Waals surface area contributed by atoms with E-state index in [4.69, 9.17) is 15.1 Å². The lowest BCUT2D eigenvalue weighted by atomic mass is 9.97. The summed E-state index contributed by atoms with van der Waals surface area (Å²) in [5.74, 6) is -0.799. The summed E-state index contributed by atoms with van der Waals surface area (Å²) in [6.45, 7) is 2.55. The number of nitrogens with zero attached hydrogens (tertiary/aromatic N) is 2. The maximum absolute atomic E-state index is 12.7. The molecule has 1 heterocycles. The van der Waals surface area contributed by atoms with E-state index in [-0.39, 0.29) is 11.5 Å². The monoisotopic (exact) mass is 350 g/mol. The SMILES string of the molecule is CC(Oc1ccccc1C#N)C(=O)N1CCc2ccc(C(=O)O)cc2C1. The number of hydrogen-bond donors (Lipinski definition) is 1. The Morgan fingerprint density at radius 2 is 2.00 bits per heavy atom. The number of benzene rings is 2. The van der Waals surface area contributed by atoms with Crippen LogP contribution in [0.25, 0.3) is 0 Å². The molecule has 1 N–H and O–H groups in total. The molecular weight excluding hydrogens is 332 g/mol. The number of carbonyl (C=O) groups is 2. The van der Waals surface area contributed by atoms with Gasteiger partial charge in [0.25, 0.3) is 5.91 Å². The Hall–Kier alpha value is -3.33. The highest BCUT2D eigenvalue weighted by Crippen LogP contribution is 2.23. The van der Waals surface area contributed by atoms with Crippen LogP contribution in [-0.2, 0) is 17.8 Å². The summed E-state index contributed by atoms with van der Waals surface area (Å²) in [7, 11) is 0. The lowest BCUT2D eigenvalue weighted by Crippen LogP contribution is -2.43. The number of carboxylic acids is 1. The van der Waals surface area contributed by atoms with E-state index in [1.807, 2.05) is 12.1 Å². The molecule has 3 rings (SSSR count). The normalized spacial score (nSPS) is 14.1. The second-order valence-electron chi connectivity index (χ2n) is 6.17. The number of fused-ring (bicyclic) bond motifs is 1. The Balaban J connectivity index is 1.73. The second kappa shape index (κ2) is 7.28. The first-order valence-corrected chi connectivity index (χ1v) is 8.29. The molecule has 0 fully saturated rings. The number of para-hydroxylation sites is 1. The van der Waals surface area contributed by atoms with Crippen molar-refractivity contribution in [3.63, 3.8) is 0 Å². The van der Waals surface area contributed by atoms with Crippen LogP contribution in [0.2, 0.25) is 0 Å². The fourth-order valence-electron chi connectivity index (χ4n) is 3.04. The van der Waals surface area contributed by atoms with E-state index >= 15 is 0 Å². The van der Waals surface area contributed by atoms with Crippen LogP contribution >= 0.6 is 0 Å². The van der Waals surface area contributed by atoms with Gasteiger partial charge in [0, 0.05) is 13.1 Å². The molecule has 0 saturated heterocycles. The summed E-state index contributed by atoms with van der Waals surface area (Å²) in [6.07, 6.45) is -0.0728. The average Bonchev–Trinajstić information content (AvgIpc) is 2.66. The number of hydrogen-bond acceptors (Lipinski definition) is 4. The van der Waals surface area contributed by atoms with Crippen molar-refractivity contribution in [2.45, 2.75) is 26.0 Å². The molecule has 0 radical (unpaired) electrons. The van der Waals surface area contributed by atoms with Crippen molar-refractivity contribution in [2.24, 2.45) is 0 Å². The standard InChI is InChI=1S/C20H18N2O4/c1-13(26-18-5-3-2-4-16(18)11-21)19(23)22-9-8-14-6-7-15(20(24)25)10-17(14)12-22/h2-7,10,13H,8-9,12H2,1H3,(H,24,25). The van der Waals surface area contributed by atoms with Crippen LogP contribution in [0.3, 0.4) is 0 Å². The molecule has 0 aromatic heterocycles. The minimum absolute atomic E-state index is 0.191. The Labute approximate surface area is 151 Å². The first kappa shape index (κ1) is 17.5. The topological polar surface area (TPSA) is 90.6 Å². The Morgan fingerprint density at radius 3 is 2.73 bits per heavy atom. The van der Waals surface area contributed by atoms with Gasteiger partial charge in [-0.25, -0.2) is 4.79 Å². The van der Waals surface area contributed by atoms with Gasteiger partial charge in [0.1, 0.15) is 11.8 Å². The van der Waals surface area contributed by atoms with E-state index in [9.17, 15) is 9.59 Å². The van der Waals surface area contributed by atoms with Gasteiger partial charge in [-0.05, 0) is 48.7 Å². The zero-order chi connectivity index (χ0) is 18.7. The summed E-state index contributed by atoms with van der Waals surface area (Å²) >= 11 is 0. The molecule has 2 aromatic rings. The molecule has 1 atom stereocenters. The zero-order valence-electron chi connectivity index (χ0n) is 14.3. The number of carboxylic acid groups (broad SMARTS) is 1. The molecule has 1 unspecified atom stereocenters. The van der Waals surface area contributed by atoms with Crippen molar-refractivity contribution in [1.82, 2.24) is 4.90 Å². The van der Waals surface area contributed by atoms with Gasteiger partial charge in [-0.15, -0.1) is 0 Å². The Bertz CT molecular complexity index is 901. The molecule has 0 aliphatic carbocycles. The smallest absolute Gasteiger partial charge is 0.335 e. The van der Waals surface area contributed by atoms with Crippen LogP contribution < -0.4 is 4.74 Å². The highest BCUT2D eigenvalue weighted by molar-refractivity contribution is 5.88. The molecule has 0 spiro atoms. The van der Waals surface area contributed by atoms with Crippen LogP contribution in [0.1, 0.15) is 34.0 Å². The van der Waals surface area contributed by atoms with Crippen molar-refractivity contribution < 1.29 is 19.4 Å². The third-order valence-electron chi connectivity index (χ3n) is 4.44. The molecule has 1 aliphatic rings. The van der Waals surface area contributed by atoms with Gasteiger partial charge in [0.2, 0.25) is 0 Å². The minimum Gasteiger partial charge on any atom is -0.480 e. The fraction of sp³-hybridized carbons (Fsp3) is 0.250. The number of carbonyl (C=O) groups excluding carboxylic acids is 1. The maximum atomic E-state index is 12.7. The second-order valence-corrected chi connectivity index (χ2v) is 6.17. The fourth-order valence-corrected chi connectivity index (χ4v) is 3.04. The third-order valence-corrected chi connectivity index (χ3v) is 4.44. The molecule has 6 heteroatoms. The summed E-state index contributed by atoms with van der Waals surface area (Å²) in [5.41, 5.74) is 2.49. The number of amides is 1. The summed E-state index contributed by atoms with van der Waals surface area (Å²) in [4.78, 5) is 25.5. The van der Waals surface area contributed by atoms with E-state index in [1.165, 1.54) is 0 Å². The van der Waals surface area contributed by atoms with Crippen molar-refractivity contribution >= 4 is 11.9 Å². The van der Waals surface area contributed by atoms with E-state index in [1.54, 1.807) is 48.2 Å². The predicted octanol–water partition coefficient (Wildman–Crippen LogP) is 2.61. The third kappa shape index (κ3) is 3.52. The highest BCUT2D eigenvalue weighted by Gasteiger charge is 2.26. The Kier molecular flexibility index (Phi) is 4.90. The zero-order valence-corrected chi connectivity index (χ0v) is 14.3. The van der Waals surface area contributed by atoms with Gasteiger partial charge < -0.3 is 14.7 Å². The lowest BCUT2D eigenvalue weighted by Gasteiger charge is -2.31. The Morgan fingerprint density at radius 1 is 1.23 bits per heavy atom. The minimum atomic E-state index is -0.985. The van der Waals surface area contributed by atoms with E-state index in [0.717, 1.165) is 11.1 Å². The quantitative estimate of drug-likeness (QED) is 0.915. The molecule has 6 nitrogen and oxygen atoms in total. The van der Waals surface area contributed by atoms with Gasteiger partial charge >= 0.3 is 5.97 Å². The van der Waals surface area contributed by atoms with Crippen molar-refractivity contribution in [2.75, 3.05) is 6.54 Å². The molecule has 2 aromatic carbocycles. The van der Waals surface area contributed by atoms with Crippen molar-refractivity contribution in [3.05, 3.63) is 64.7 Å². The first-order chi connectivity index (χ1) is 12.5. The van der Waals surface area contributed by atoms with Crippen molar-refractivity contribution in [1.29, 1.82) is 5.26 Å². The van der Waals surface area contributed by atoms with E-state index < -0.39 is 12.1 Å². The first-order valence-electron chi connectivity index (χ1n) is 8.29. The molecule has 0 saturated carbocycles. The van der Waals surface area contributed by atoms with Gasteiger partial charge in [-0.2, -0.15) is 5.26 Å². The van der Waals surface area contributed by atoms with Gasteiger partial charge in [0.15, 0.2) is 6.10 Å². The largest absolute Gasteiger partial charge is 0.480 e. The average molecular weight is 350 g/mol. The molecule has 1 amide bonds. The molecule has 1 aliphatic heterocycles. The molecular formula is C20H18N2O4.